The van der Waals surface area contributed by atoms with Crippen molar-refractivity contribution >= 4 is 5.91 Å². The third-order valence-electron chi connectivity index (χ3n) is 4.10. The lowest BCUT2D eigenvalue weighted by Crippen LogP contribution is -2.44. The minimum absolute atomic E-state index is 0.169. The van der Waals surface area contributed by atoms with Gasteiger partial charge in [-0.2, -0.15) is 0 Å². The van der Waals surface area contributed by atoms with Crippen LogP contribution in [0.4, 0.5) is 0 Å². The number of likely N-dealkylation sites (tertiary alicyclic amines) is 1. The van der Waals surface area contributed by atoms with Gasteiger partial charge in [-0.1, -0.05) is 6.92 Å². The molecule has 2 aliphatic rings. The van der Waals surface area contributed by atoms with Gasteiger partial charge in [0, 0.05) is 26.2 Å². The Labute approximate surface area is 116 Å². The standard InChI is InChI=1S/C14H27N3O2/c1-13-2-5-17(6-3-13)12-14(18)15-4-7-16-8-10-19-11-9-16/h13H,2-12H2,1H3,(H,15,18). The van der Waals surface area contributed by atoms with Crippen molar-refractivity contribution < 1.29 is 9.53 Å². The monoisotopic (exact) mass is 269 g/mol. The summed E-state index contributed by atoms with van der Waals surface area (Å²) < 4.78 is 5.30. The molecule has 110 valence electrons. The molecule has 5 heteroatoms. The van der Waals surface area contributed by atoms with Crippen LogP contribution in [0, 0.1) is 5.92 Å². The van der Waals surface area contributed by atoms with E-state index in [0.717, 1.165) is 58.4 Å². The second kappa shape index (κ2) is 7.82. The van der Waals surface area contributed by atoms with E-state index in [4.69, 9.17) is 4.74 Å². The van der Waals surface area contributed by atoms with Crippen molar-refractivity contribution in [2.24, 2.45) is 5.92 Å². The molecular weight excluding hydrogens is 242 g/mol. The quantitative estimate of drug-likeness (QED) is 0.772. The first-order chi connectivity index (χ1) is 9.24. The summed E-state index contributed by atoms with van der Waals surface area (Å²) in [6.45, 7) is 10.3. The van der Waals surface area contributed by atoms with Crippen molar-refractivity contribution in [2.75, 3.05) is 59.0 Å². The number of morpholine rings is 1. The largest absolute Gasteiger partial charge is 0.379 e. The fourth-order valence-corrected chi connectivity index (χ4v) is 2.66. The lowest BCUT2D eigenvalue weighted by molar-refractivity contribution is -0.122. The molecule has 0 aromatic rings. The van der Waals surface area contributed by atoms with Crippen LogP contribution in [-0.2, 0) is 9.53 Å². The molecule has 2 aliphatic heterocycles. The van der Waals surface area contributed by atoms with E-state index in [1.54, 1.807) is 0 Å². The van der Waals surface area contributed by atoms with Crippen LogP contribution < -0.4 is 5.32 Å². The lowest BCUT2D eigenvalue weighted by atomic mass is 9.99. The Morgan fingerprint density at radius 2 is 1.84 bits per heavy atom. The van der Waals surface area contributed by atoms with E-state index in [2.05, 4.69) is 22.0 Å². The van der Waals surface area contributed by atoms with Crippen molar-refractivity contribution in [1.82, 2.24) is 15.1 Å². The maximum absolute atomic E-state index is 11.8. The highest BCUT2D eigenvalue weighted by molar-refractivity contribution is 5.78. The molecule has 2 heterocycles. The highest BCUT2D eigenvalue weighted by Crippen LogP contribution is 2.15. The van der Waals surface area contributed by atoms with E-state index >= 15 is 0 Å². The van der Waals surface area contributed by atoms with Gasteiger partial charge in [0.05, 0.1) is 19.8 Å². The molecule has 19 heavy (non-hydrogen) atoms. The fourth-order valence-electron chi connectivity index (χ4n) is 2.66. The smallest absolute Gasteiger partial charge is 0.234 e. The molecule has 2 fully saturated rings. The van der Waals surface area contributed by atoms with E-state index in [9.17, 15) is 4.79 Å². The van der Waals surface area contributed by atoms with Gasteiger partial charge in [-0.25, -0.2) is 0 Å². The van der Waals surface area contributed by atoms with Gasteiger partial charge in [0.1, 0.15) is 0 Å². The number of hydrogen-bond acceptors (Lipinski definition) is 4. The lowest BCUT2D eigenvalue weighted by Gasteiger charge is -2.30. The average molecular weight is 269 g/mol. The average Bonchev–Trinajstić information content (AvgIpc) is 2.43. The van der Waals surface area contributed by atoms with Gasteiger partial charge in [0.2, 0.25) is 5.91 Å². The number of hydrogen-bond donors (Lipinski definition) is 1. The molecule has 0 atom stereocenters. The molecule has 0 radical (unpaired) electrons. The van der Waals surface area contributed by atoms with Crippen LogP contribution in [0.2, 0.25) is 0 Å². The van der Waals surface area contributed by atoms with Crippen LogP contribution in [0.15, 0.2) is 0 Å². The SMILES string of the molecule is CC1CCN(CC(=O)NCCN2CCOCC2)CC1. The first kappa shape index (κ1) is 14.8. The van der Waals surface area contributed by atoms with E-state index in [1.807, 2.05) is 0 Å². The summed E-state index contributed by atoms with van der Waals surface area (Å²) in [5, 5.41) is 3.03. The van der Waals surface area contributed by atoms with Crippen LogP contribution in [0.25, 0.3) is 0 Å². The fraction of sp³-hybridized carbons (Fsp3) is 0.929. The highest BCUT2D eigenvalue weighted by atomic mass is 16.5. The highest BCUT2D eigenvalue weighted by Gasteiger charge is 2.17. The number of carbonyl (C=O) groups excluding carboxylic acids is 1. The van der Waals surface area contributed by atoms with Gasteiger partial charge in [-0.15, -0.1) is 0 Å². The van der Waals surface area contributed by atoms with Crippen LogP contribution >= 0.6 is 0 Å². The number of nitrogens with one attached hydrogen (secondary N) is 1. The number of piperidine rings is 1. The van der Waals surface area contributed by atoms with Crippen LogP contribution in [-0.4, -0.2) is 74.7 Å². The van der Waals surface area contributed by atoms with E-state index in [1.165, 1.54) is 12.8 Å². The van der Waals surface area contributed by atoms with Crippen molar-refractivity contribution in [3.8, 4) is 0 Å². The second-order valence-electron chi connectivity index (χ2n) is 5.76. The Morgan fingerprint density at radius 1 is 1.16 bits per heavy atom. The molecule has 0 aromatic carbocycles. The first-order valence-corrected chi connectivity index (χ1v) is 7.53. The Kier molecular flexibility index (Phi) is 6.07. The summed E-state index contributed by atoms with van der Waals surface area (Å²) in [4.78, 5) is 16.4. The zero-order chi connectivity index (χ0) is 13.5. The molecule has 0 aliphatic carbocycles. The van der Waals surface area contributed by atoms with Crippen molar-refractivity contribution in [2.45, 2.75) is 19.8 Å². The van der Waals surface area contributed by atoms with E-state index in [0.29, 0.717) is 6.54 Å². The molecule has 0 unspecified atom stereocenters. The molecule has 0 saturated carbocycles. The van der Waals surface area contributed by atoms with Gasteiger partial charge in [-0.05, 0) is 31.8 Å². The molecule has 5 nitrogen and oxygen atoms in total. The minimum Gasteiger partial charge on any atom is -0.379 e. The van der Waals surface area contributed by atoms with Crippen molar-refractivity contribution in [3.05, 3.63) is 0 Å². The van der Waals surface area contributed by atoms with E-state index < -0.39 is 0 Å². The van der Waals surface area contributed by atoms with Gasteiger partial charge >= 0.3 is 0 Å². The predicted octanol–water partition coefficient (Wildman–Crippen LogP) is 0.167. The summed E-state index contributed by atoms with van der Waals surface area (Å²) in [6.07, 6.45) is 2.45. The Morgan fingerprint density at radius 3 is 2.53 bits per heavy atom. The van der Waals surface area contributed by atoms with Gasteiger partial charge in [0.15, 0.2) is 0 Å². The summed E-state index contributed by atoms with van der Waals surface area (Å²) >= 11 is 0. The molecule has 0 aromatic heterocycles. The molecule has 0 spiro atoms. The molecule has 2 saturated heterocycles. The number of amides is 1. The number of carbonyl (C=O) groups is 1. The number of nitrogens with zero attached hydrogens (tertiary/aromatic N) is 2. The molecule has 2 rings (SSSR count). The van der Waals surface area contributed by atoms with Gasteiger partial charge in [-0.3, -0.25) is 14.6 Å². The third kappa shape index (κ3) is 5.47. The predicted molar refractivity (Wildman–Crippen MR) is 75.1 cm³/mol. The third-order valence-corrected chi connectivity index (χ3v) is 4.10. The van der Waals surface area contributed by atoms with Gasteiger partial charge in [0.25, 0.3) is 0 Å². The zero-order valence-corrected chi connectivity index (χ0v) is 12.1. The van der Waals surface area contributed by atoms with Gasteiger partial charge < -0.3 is 10.1 Å². The Bertz CT molecular complexity index is 272. The summed E-state index contributed by atoms with van der Waals surface area (Å²) in [6, 6.07) is 0. The van der Waals surface area contributed by atoms with Crippen LogP contribution in [0.5, 0.6) is 0 Å². The molecule has 1 N–H and O–H groups in total. The van der Waals surface area contributed by atoms with E-state index in [-0.39, 0.29) is 5.91 Å². The normalized spacial score (nSPS) is 23.4. The maximum atomic E-state index is 11.8. The zero-order valence-electron chi connectivity index (χ0n) is 12.1. The molecule has 1 amide bonds. The second-order valence-corrected chi connectivity index (χ2v) is 5.76. The Hall–Kier alpha value is -0.650. The molecule has 0 bridgehead atoms. The maximum Gasteiger partial charge on any atom is 0.234 e. The summed E-state index contributed by atoms with van der Waals surface area (Å²) in [5.74, 6) is 0.989. The van der Waals surface area contributed by atoms with Crippen molar-refractivity contribution in [3.63, 3.8) is 0 Å². The molecular formula is C14H27N3O2. The minimum atomic E-state index is 0.169. The number of ether oxygens (including phenoxy) is 1. The van der Waals surface area contributed by atoms with Crippen LogP contribution in [0.1, 0.15) is 19.8 Å². The Balaban J connectivity index is 1.54. The summed E-state index contributed by atoms with van der Waals surface area (Å²) in [5.41, 5.74) is 0. The van der Waals surface area contributed by atoms with Crippen molar-refractivity contribution in [1.29, 1.82) is 0 Å². The summed E-state index contributed by atoms with van der Waals surface area (Å²) in [7, 11) is 0. The first-order valence-electron chi connectivity index (χ1n) is 7.53. The number of rotatable bonds is 5. The van der Waals surface area contributed by atoms with Crippen LogP contribution in [0.3, 0.4) is 0 Å². The topological polar surface area (TPSA) is 44.8 Å².